The first-order valence-corrected chi connectivity index (χ1v) is 5.13. The van der Waals surface area contributed by atoms with Crippen LogP contribution >= 0.6 is 0 Å². The second-order valence-electron chi connectivity index (χ2n) is 3.34. The highest BCUT2D eigenvalue weighted by Gasteiger charge is 2.16. The van der Waals surface area contributed by atoms with Crippen LogP contribution in [0.2, 0.25) is 0 Å². The summed E-state index contributed by atoms with van der Waals surface area (Å²) in [6.45, 7) is 4.87. The van der Waals surface area contributed by atoms with Gasteiger partial charge in [0, 0.05) is 6.61 Å². The maximum atomic E-state index is 5.59. The molecule has 0 saturated heterocycles. The molecule has 0 aromatic heterocycles. The zero-order chi connectivity index (χ0) is 10.4. The fourth-order valence-corrected chi connectivity index (χ4v) is 1.69. The van der Waals surface area contributed by atoms with E-state index in [2.05, 4.69) is 36.5 Å². The van der Waals surface area contributed by atoms with E-state index in [1.807, 2.05) is 20.0 Å². The zero-order valence-electron chi connectivity index (χ0n) is 9.16. The van der Waals surface area contributed by atoms with Gasteiger partial charge in [0.15, 0.2) is 0 Å². The van der Waals surface area contributed by atoms with E-state index in [1.54, 1.807) is 0 Å². The third-order valence-corrected chi connectivity index (χ3v) is 2.37. The number of hydrogen-bond acceptors (Lipinski definition) is 2. The van der Waals surface area contributed by atoms with Crippen molar-refractivity contribution in [3.8, 4) is 0 Å². The summed E-state index contributed by atoms with van der Waals surface area (Å²) in [5.41, 5.74) is 1.27. The minimum Gasteiger partial charge on any atom is -0.377 e. The Hall–Kier alpha value is -0.860. The zero-order valence-corrected chi connectivity index (χ0v) is 9.16. The van der Waals surface area contributed by atoms with Crippen molar-refractivity contribution < 1.29 is 4.74 Å². The molecule has 0 heterocycles. The van der Waals surface area contributed by atoms with Crippen molar-refractivity contribution in [2.75, 3.05) is 13.7 Å². The van der Waals surface area contributed by atoms with E-state index in [0.29, 0.717) is 0 Å². The Kier molecular flexibility index (Phi) is 4.63. The molecule has 0 aliphatic heterocycles. The molecule has 2 heteroatoms. The number of ether oxygens (including phenoxy) is 1. The molecule has 0 saturated carbocycles. The van der Waals surface area contributed by atoms with Crippen molar-refractivity contribution in [1.29, 1.82) is 0 Å². The summed E-state index contributed by atoms with van der Waals surface area (Å²) in [6.07, 6.45) is 0.201. The van der Waals surface area contributed by atoms with Crippen LogP contribution in [0.15, 0.2) is 30.3 Å². The average molecular weight is 193 g/mol. The summed E-state index contributed by atoms with van der Waals surface area (Å²) in [7, 11) is 1.97. The standard InChI is InChI=1S/C12H19NO/c1-4-14-10(2)12(13-3)11-8-6-5-7-9-11/h5-10,12-13H,4H2,1-3H3. The molecule has 0 amide bonds. The van der Waals surface area contributed by atoms with Gasteiger partial charge in [-0.15, -0.1) is 0 Å². The molecule has 14 heavy (non-hydrogen) atoms. The van der Waals surface area contributed by atoms with E-state index in [9.17, 15) is 0 Å². The van der Waals surface area contributed by atoms with Crippen LogP contribution in [0.4, 0.5) is 0 Å². The van der Waals surface area contributed by atoms with Crippen LogP contribution in [-0.4, -0.2) is 19.8 Å². The number of likely N-dealkylation sites (N-methyl/N-ethyl adjacent to an activating group) is 1. The molecule has 2 nitrogen and oxygen atoms in total. The Morgan fingerprint density at radius 1 is 1.29 bits per heavy atom. The van der Waals surface area contributed by atoms with Gasteiger partial charge in [0.1, 0.15) is 0 Å². The second-order valence-corrected chi connectivity index (χ2v) is 3.34. The van der Waals surface area contributed by atoms with Gasteiger partial charge in [-0.25, -0.2) is 0 Å². The molecule has 0 fully saturated rings. The first-order valence-electron chi connectivity index (χ1n) is 5.13. The lowest BCUT2D eigenvalue weighted by molar-refractivity contribution is 0.0493. The highest BCUT2D eigenvalue weighted by molar-refractivity contribution is 5.19. The highest BCUT2D eigenvalue weighted by atomic mass is 16.5. The first kappa shape index (κ1) is 11.2. The lowest BCUT2D eigenvalue weighted by Crippen LogP contribution is -2.29. The van der Waals surface area contributed by atoms with Crippen LogP contribution < -0.4 is 5.32 Å². The van der Waals surface area contributed by atoms with Crippen LogP contribution in [0, 0.1) is 0 Å². The molecule has 0 aliphatic rings. The summed E-state index contributed by atoms with van der Waals surface area (Å²) in [6, 6.07) is 10.7. The third kappa shape index (κ3) is 2.82. The van der Waals surface area contributed by atoms with Gasteiger partial charge in [-0.05, 0) is 26.5 Å². The predicted molar refractivity (Wildman–Crippen MR) is 59.3 cm³/mol. The molecule has 2 atom stereocenters. The minimum atomic E-state index is 0.201. The van der Waals surface area contributed by atoms with Crippen molar-refractivity contribution in [3.05, 3.63) is 35.9 Å². The van der Waals surface area contributed by atoms with E-state index < -0.39 is 0 Å². The molecular formula is C12H19NO. The van der Waals surface area contributed by atoms with Crippen molar-refractivity contribution >= 4 is 0 Å². The minimum absolute atomic E-state index is 0.201. The van der Waals surface area contributed by atoms with Gasteiger partial charge in [0.2, 0.25) is 0 Å². The molecule has 0 radical (unpaired) electrons. The van der Waals surface area contributed by atoms with E-state index >= 15 is 0 Å². The Morgan fingerprint density at radius 3 is 2.43 bits per heavy atom. The summed E-state index contributed by atoms with van der Waals surface area (Å²) >= 11 is 0. The third-order valence-electron chi connectivity index (χ3n) is 2.37. The Labute approximate surface area is 86.3 Å². The van der Waals surface area contributed by atoms with E-state index in [4.69, 9.17) is 4.74 Å². The molecule has 78 valence electrons. The molecule has 0 spiro atoms. The Morgan fingerprint density at radius 2 is 1.93 bits per heavy atom. The molecular weight excluding hydrogens is 174 g/mol. The van der Waals surface area contributed by atoms with Gasteiger partial charge in [-0.1, -0.05) is 30.3 Å². The van der Waals surface area contributed by atoms with Crippen molar-refractivity contribution in [2.24, 2.45) is 0 Å². The molecule has 1 rings (SSSR count). The number of hydrogen-bond donors (Lipinski definition) is 1. The van der Waals surface area contributed by atoms with Crippen LogP contribution in [0.25, 0.3) is 0 Å². The Bertz CT molecular complexity index is 248. The lowest BCUT2D eigenvalue weighted by Gasteiger charge is -2.23. The highest BCUT2D eigenvalue weighted by Crippen LogP contribution is 2.18. The SMILES string of the molecule is CCOC(C)C(NC)c1ccccc1. The van der Waals surface area contributed by atoms with Crippen molar-refractivity contribution in [3.63, 3.8) is 0 Å². The fraction of sp³-hybridized carbons (Fsp3) is 0.500. The van der Waals surface area contributed by atoms with Crippen LogP contribution in [0.3, 0.4) is 0 Å². The van der Waals surface area contributed by atoms with E-state index in [0.717, 1.165) is 6.61 Å². The summed E-state index contributed by atoms with van der Waals surface area (Å²) < 4.78 is 5.59. The van der Waals surface area contributed by atoms with Gasteiger partial charge in [0.25, 0.3) is 0 Å². The van der Waals surface area contributed by atoms with Crippen LogP contribution in [-0.2, 0) is 4.74 Å². The molecule has 0 bridgehead atoms. The molecule has 1 N–H and O–H groups in total. The summed E-state index contributed by atoms with van der Waals surface area (Å²) in [5.74, 6) is 0. The molecule has 0 aliphatic carbocycles. The second kappa shape index (κ2) is 5.78. The van der Waals surface area contributed by atoms with Gasteiger partial charge in [0.05, 0.1) is 12.1 Å². The number of benzene rings is 1. The monoisotopic (exact) mass is 193 g/mol. The molecule has 1 aromatic carbocycles. The number of rotatable bonds is 5. The molecule has 1 aromatic rings. The largest absolute Gasteiger partial charge is 0.377 e. The first-order chi connectivity index (χ1) is 6.79. The molecule has 2 unspecified atom stereocenters. The Balaban J connectivity index is 2.71. The smallest absolute Gasteiger partial charge is 0.0741 e. The van der Waals surface area contributed by atoms with Crippen molar-refractivity contribution in [2.45, 2.75) is 26.0 Å². The van der Waals surface area contributed by atoms with Crippen LogP contribution in [0.5, 0.6) is 0 Å². The van der Waals surface area contributed by atoms with E-state index in [1.165, 1.54) is 5.56 Å². The van der Waals surface area contributed by atoms with Crippen molar-refractivity contribution in [1.82, 2.24) is 5.32 Å². The maximum absolute atomic E-state index is 5.59. The quantitative estimate of drug-likeness (QED) is 0.775. The van der Waals surface area contributed by atoms with Gasteiger partial charge in [-0.3, -0.25) is 0 Å². The topological polar surface area (TPSA) is 21.3 Å². The predicted octanol–water partition coefficient (Wildman–Crippen LogP) is 2.37. The maximum Gasteiger partial charge on any atom is 0.0741 e. The van der Waals surface area contributed by atoms with Gasteiger partial charge < -0.3 is 10.1 Å². The van der Waals surface area contributed by atoms with Crippen LogP contribution in [0.1, 0.15) is 25.5 Å². The fourth-order valence-electron chi connectivity index (χ4n) is 1.69. The summed E-state index contributed by atoms with van der Waals surface area (Å²) in [4.78, 5) is 0. The van der Waals surface area contributed by atoms with Gasteiger partial charge in [-0.2, -0.15) is 0 Å². The van der Waals surface area contributed by atoms with Gasteiger partial charge >= 0.3 is 0 Å². The number of nitrogens with one attached hydrogen (secondary N) is 1. The summed E-state index contributed by atoms with van der Waals surface area (Å²) in [5, 5.41) is 3.28. The normalized spacial score (nSPS) is 15.1. The lowest BCUT2D eigenvalue weighted by atomic mass is 10.0. The van der Waals surface area contributed by atoms with E-state index in [-0.39, 0.29) is 12.1 Å². The average Bonchev–Trinajstić information content (AvgIpc) is 2.21.